The average molecular weight is 498 g/mol. The number of carbonyl (C=O) groups excluding carboxylic acids is 2. The van der Waals surface area contributed by atoms with E-state index in [1.807, 2.05) is 18.4 Å². The van der Waals surface area contributed by atoms with Gasteiger partial charge in [-0.15, -0.1) is 0 Å². The molecule has 0 saturated carbocycles. The summed E-state index contributed by atoms with van der Waals surface area (Å²) in [4.78, 5) is 28.2. The predicted octanol–water partition coefficient (Wildman–Crippen LogP) is 4.78. The Morgan fingerprint density at radius 1 is 1.19 bits per heavy atom. The fourth-order valence-corrected chi connectivity index (χ4v) is 4.82. The maximum Gasteiger partial charge on any atom is 0.253 e. The number of benzene rings is 1. The van der Waals surface area contributed by atoms with Crippen LogP contribution in [0.3, 0.4) is 0 Å². The Hall–Kier alpha value is -1.67. The van der Waals surface area contributed by atoms with Crippen LogP contribution in [0, 0.1) is 0 Å². The average Bonchev–Trinajstić information content (AvgIpc) is 3.31. The second kappa shape index (κ2) is 12.5. The Bertz CT molecular complexity index is 889. The van der Waals surface area contributed by atoms with E-state index in [9.17, 15) is 9.59 Å². The van der Waals surface area contributed by atoms with Gasteiger partial charge in [0.25, 0.3) is 5.91 Å². The largest absolute Gasteiger partial charge is 0.468 e. The van der Waals surface area contributed by atoms with E-state index in [1.54, 1.807) is 30.2 Å². The molecule has 0 bridgehead atoms. The second-order valence-corrected chi connectivity index (χ2v) is 9.63. The van der Waals surface area contributed by atoms with E-state index in [1.165, 1.54) is 12.5 Å². The molecule has 2 heterocycles. The van der Waals surface area contributed by atoms with Gasteiger partial charge in [0.05, 0.1) is 22.9 Å². The molecule has 1 aliphatic rings. The van der Waals surface area contributed by atoms with Gasteiger partial charge in [0, 0.05) is 11.6 Å². The summed E-state index contributed by atoms with van der Waals surface area (Å²) in [6, 6.07) is 7.80. The van der Waals surface area contributed by atoms with Crippen LogP contribution in [-0.4, -0.2) is 54.4 Å². The van der Waals surface area contributed by atoms with Crippen LogP contribution in [0.5, 0.6) is 0 Å². The molecule has 32 heavy (non-hydrogen) atoms. The molecule has 3 rings (SSSR count). The molecule has 1 aliphatic heterocycles. The molecular weight excluding hydrogens is 469 g/mol. The highest BCUT2D eigenvalue weighted by atomic mass is 35.5. The van der Waals surface area contributed by atoms with E-state index in [0.717, 1.165) is 37.4 Å². The molecule has 2 atom stereocenters. The molecule has 2 aromatic rings. The molecule has 2 unspecified atom stereocenters. The maximum atomic E-state index is 13.1. The van der Waals surface area contributed by atoms with Gasteiger partial charge in [-0.05, 0) is 74.7 Å². The van der Waals surface area contributed by atoms with Gasteiger partial charge in [-0.1, -0.05) is 29.6 Å². The van der Waals surface area contributed by atoms with Crippen molar-refractivity contribution in [3.63, 3.8) is 0 Å². The highest BCUT2D eigenvalue weighted by molar-refractivity contribution is 7.98. The minimum atomic E-state index is -0.666. The van der Waals surface area contributed by atoms with E-state index in [0.29, 0.717) is 23.6 Å². The zero-order valence-electron chi connectivity index (χ0n) is 18.1. The van der Waals surface area contributed by atoms with Gasteiger partial charge in [-0.2, -0.15) is 11.8 Å². The molecule has 1 aromatic heterocycles. The zero-order chi connectivity index (χ0) is 22.9. The van der Waals surface area contributed by atoms with Crippen LogP contribution in [0.15, 0.2) is 41.0 Å². The number of hydrogen-bond donors (Lipinski definition) is 2. The molecule has 0 radical (unpaired) electrons. The maximum absolute atomic E-state index is 13.1. The normalized spacial score (nSPS) is 16.3. The molecule has 0 aliphatic carbocycles. The third-order valence-corrected chi connectivity index (χ3v) is 6.77. The van der Waals surface area contributed by atoms with Crippen molar-refractivity contribution in [3.8, 4) is 0 Å². The Morgan fingerprint density at radius 3 is 2.62 bits per heavy atom. The molecule has 1 fully saturated rings. The van der Waals surface area contributed by atoms with E-state index in [-0.39, 0.29) is 17.0 Å². The van der Waals surface area contributed by atoms with Crippen molar-refractivity contribution in [1.29, 1.82) is 0 Å². The summed E-state index contributed by atoms with van der Waals surface area (Å²) in [5, 5.41) is 6.58. The lowest BCUT2D eigenvalue weighted by molar-refractivity contribution is -0.123. The number of nitrogens with one attached hydrogen (secondary N) is 2. The molecule has 2 N–H and O–H groups in total. The minimum Gasteiger partial charge on any atom is -0.468 e. The lowest BCUT2D eigenvalue weighted by Crippen LogP contribution is -2.49. The van der Waals surface area contributed by atoms with Crippen molar-refractivity contribution in [2.24, 2.45) is 0 Å². The van der Waals surface area contributed by atoms with E-state index >= 15 is 0 Å². The van der Waals surface area contributed by atoms with Crippen molar-refractivity contribution in [3.05, 3.63) is 58.0 Å². The summed E-state index contributed by atoms with van der Waals surface area (Å²) < 4.78 is 5.66. The lowest BCUT2D eigenvalue weighted by atomic mass is 10.1. The van der Waals surface area contributed by atoms with Crippen molar-refractivity contribution in [2.45, 2.75) is 37.8 Å². The number of rotatable bonds is 10. The van der Waals surface area contributed by atoms with Crippen molar-refractivity contribution in [2.75, 3.05) is 31.6 Å². The number of hydrogen-bond acceptors (Lipinski definition) is 5. The van der Waals surface area contributed by atoms with Gasteiger partial charge >= 0.3 is 0 Å². The summed E-state index contributed by atoms with van der Waals surface area (Å²) in [5.41, 5.74) is 0.291. The number of piperidine rings is 1. The van der Waals surface area contributed by atoms with Gasteiger partial charge in [0.1, 0.15) is 11.8 Å². The molecular formula is C23H29Cl2N3O3S. The van der Waals surface area contributed by atoms with E-state index in [2.05, 4.69) is 15.5 Å². The third kappa shape index (κ3) is 6.91. The summed E-state index contributed by atoms with van der Waals surface area (Å²) >= 11 is 13.7. The van der Waals surface area contributed by atoms with Crippen LogP contribution >= 0.6 is 35.0 Å². The monoisotopic (exact) mass is 497 g/mol. The molecule has 9 heteroatoms. The first-order valence-corrected chi connectivity index (χ1v) is 12.9. The molecule has 1 aromatic carbocycles. The zero-order valence-corrected chi connectivity index (χ0v) is 20.4. The molecule has 2 amide bonds. The number of likely N-dealkylation sites (tertiary alicyclic amines) is 1. The standard InChI is InChI=1S/C23H29Cl2N3O3S/c1-32-13-9-19(27-22(29)17-8-7-16(24)14-18(17)25)23(30)26-15-20(21-6-5-12-31-21)28-10-3-2-4-11-28/h5-8,12,14,19-20H,2-4,9-11,13,15H2,1H3,(H,26,30)(H,27,29). The molecule has 0 spiro atoms. The van der Waals surface area contributed by atoms with Gasteiger partial charge in [-0.25, -0.2) is 0 Å². The second-order valence-electron chi connectivity index (χ2n) is 7.80. The Balaban J connectivity index is 1.67. The van der Waals surface area contributed by atoms with Gasteiger partial charge < -0.3 is 15.1 Å². The smallest absolute Gasteiger partial charge is 0.253 e. The number of halogens is 2. The number of amides is 2. The van der Waals surface area contributed by atoms with Gasteiger partial charge in [0.15, 0.2) is 0 Å². The Labute approximate surface area is 203 Å². The number of thioether (sulfide) groups is 1. The first-order chi connectivity index (χ1) is 15.5. The third-order valence-electron chi connectivity index (χ3n) is 5.58. The SMILES string of the molecule is CSCCC(NC(=O)c1ccc(Cl)cc1Cl)C(=O)NCC(c1ccco1)N1CCCCC1. The first-order valence-electron chi connectivity index (χ1n) is 10.8. The molecule has 174 valence electrons. The van der Waals surface area contributed by atoms with Crippen molar-refractivity contribution in [1.82, 2.24) is 15.5 Å². The van der Waals surface area contributed by atoms with Crippen LogP contribution in [-0.2, 0) is 4.79 Å². The summed E-state index contributed by atoms with van der Waals surface area (Å²) in [6.07, 6.45) is 7.64. The predicted molar refractivity (Wildman–Crippen MR) is 131 cm³/mol. The topological polar surface area (TPSA) is 74.6 Å². The Kier molecular flexibility index (Phi) is 9.78. The molecule has 1 saturated heterocycles. The summed E-state index contributed by atoms with van der Waals surface area (Å²) in [7, 11) is 0. The van der Waals surface area contributed by atoms with Gasteiger partial charge in [-0.3, -0.25) is 14.5 Å². The minimum absolute atomic E-state index is 0.0307. The van der Waals surface area contributed by atoms with Crippen LogP contribution in [0.1, 0.15) is 47.8 Å². The van der Waals surface area contributed by atoms with Crippen LogP contribution in [0.2, 0.25) is 10.0 Å². The number of furan rings is 1. The van der Waals surface area contributed by atoms with E-state index in [4.69, 9.17) is 27.6 Å². The fraction of sp³-hybridized carbons (Fsp3) is 0.478. The van der Waals surface area contributed by atoms with Gasteiger partial charge in [0.2, 0.25) is 5.91 Å². The van der Waals surface area contributed by atoms with Crippen LogP contribution in [0.4, 0.5) is 0 Å². The Morgan fingerprint density at radius 2 is 1.97 bits per heavy atom. The quantitative estimate of drug-likeness (QED) is 0.493. The van der Waals surface area contributed by atoms with E-state index < -0.39 is 11.9 Å². The fourth-order valence-electron chi connectivity index (χ4n) is 3.86. The van der Waals surface area contributed by atoms with Crippen LogP contribution in [0.25, 0.3) is 0 Å². The van der Waals surface area contributed by atoms with Crippen molar-refractivity contribution >= 4 is 46.8 Å². The number of nitrogens with zero attached hydrogens (tertiary/aromatic N) is 1. The summed E-state index contributed by atoms with van der Waals surface area (Å²) in [6.45, 7) is 2.37. The highest BCUT2D eigenvalue weighted by Crippen LogP contribution is 2.25. The number of carbonyl (C=O) groups is 2. The first kappa shape index (κ1) is 25.0. The lowest BCUT2D eigenvalue weighted by Gasteiger charge is -2.33. The molecule has 6 nitrogen and oxygen atoms in total. The highest BCUT2D eigenvalue weighted by Gasteiger charge is 2.27. The van der Waals surface area contributed by atoms with Crippen LogP contribution < -0.4 is 10.6 Å². The van der Waals surface area contributed by atoms with Crippen molar-refractivity contribution < 1.29 is 14.0 Å². The summed E-state index contributed by atoms with van der Waals surface area (Å²) in [5.74, 6) is 0.961.